The van der Waals surface area contributed by atoms with Gasteiger partial charge in [0.15, 0.2) is 0 Å². The van der Waals surface area contributed by atoms with E-state index in [0.717, 1.165) is 43.3 Å². The number of hydrogen-bond acceptors (Lipinski definition) is 2. The van der Waals surface area contributed by atoms with Gasteiger partial charge in [0.25, 0.3) is 0 Å². The first-order valence-electron chi connectivity index (χ1n) is 16.5. The molecule has 8 heteroatoms. The van der Waals surface area contributed by atoms with Gasteiger partial charge in [-0.1, -0.05) is 78.7 Å². The molecule has 0 amide bonds. The van der Waals surface area contributed by atoms with Crippen LogP contribution in [0.25, 0.3) is 89.8 Å². The summed E-state index contributed by atoms with van der Waals surface area (Å²) in [5.41, 5.74) is 11.6. The van der Waals surface area contributed by atoms with Crippen molar-refractivity contribution in [3.05, 3.63) is 150 Å². The van der Waals surface area contributed by atoms with Crippen LogP contribution in [0, 0.1) is 12.3 Å². The van der Waals surface area contributed by atoms with Crippen LogP contribution in [-0.4, -0.2) is 26.8 Å². The van der Waals surface area contributed by atoms with Crippen LogP contribution in [0.15, 0.2) is 138 Å². The lowest BCUT2D eigenvalue weighted by Crippen LogP contribution is -2.13. The molecule has 0 atom stereocenters. The Morgan fingerprint density at radius 3 is 1.69 bits per heavy atom. The van der Waals surface area contributed by atoms with Crippen molar-refractivity contribution in [2.75, 3.05) is 0 Å². The van der Waals surface area contributed by atoms with Crippen LogP contribution in [0.2, 0.25) is 0 Å². The number of aromatic amines is 2. The zero-order valence-corrected chi connectivity index (χ0v) is 27.1. The summed E-state index contributed by atoms with van der Waals surface area (Å²) in [7, 11) is -2.85. The molecule has 8 aromatic rings. The number of nitrogens with one attached hydrogen (secondary N) is 2. The van der Waals surface area contributed by atoms with E-state index >= 15 is 8.63 Å². The molecule has 10 bridgehead atoms. The van der Waals surface area contributed by atoms with Gasteiger partial charge in [-0.3, -0.25) is 8.63 Å². The Labute approximate surface area is 291 Å². The third kappa shape index (κ3) is 5.24. The van der Waals surface area contributed by atoms with Crippen LogP contribution in [0.3, 0.4) is 0 Å². The highest BCUT2D eigenvalue weighted by Gasteiger charge is 2.24. The maximum Gasteiger partial charge on any atom is 0.678 e. The van der Waals surface area contributed by atoms with Crippen molar-refractivity contribution in [1.29, 1.82) is 0 Å². The highest BCUT2D eigenvalue weighted by Crippen LogP contribution is 2.37. The van der Waals surface area contributed by atoms with E-state index in [1.54, 1.807) is 12.1 Å². The molecular formula is C43H27BF2N4O. The van der Waals surface area contributed by atoms with Gasteiger partial charge in [0.2, 0.25) is 0 Å². The molecule has 242 valence electrons. The average molecular weight is 665 g/mol. The van der Waals surface area contributed by atoms with E-state index in [2.05, 4.69) is 28.0 Å². The van der Waals surface area contributed by atoms with Gasteiger partial charge in [0.05, 0.1) is 39.0 Å². The Kier molecular flexibility index (Phi) is 7.26. The minimum absolute atomic E-state index is 0.324. The molecule has 0 saturated heterocycles. The van der Waals surface area contributed by atoms with Gasteiger partial charge in [-0.05, 0) is 89.5 Å². The Morgan fingerprint density at radius 2 is 1.08 bits per heavy atom. The number of rotatable bonds is 4. The fourth-order valence-corrected chi connectivity index (χ4v) is 6.95. The number of nitrogens with zero attached hydrogens (tertiary/aromatic N) is 2. The second kappa shape index (κ2) is 12.2. The lowest BCUT2D eigenvalue weighted by molar-refractivity contribution is 0.639. The van der Waals surface area contributed by atoms with Gasteiger partial charge < -0.3 is 18.9 Å². The molecule has 5 nitrogen and oxygen atoms in total. The zero-order valence-electron chi connectivity index (χ0n) is 27.1. The van der Waals surface area contributed by atoms with E-state index in [1.807, 2.05) is 121 Å². The van der Waals surface area contributed by atoms with Crippen LogP contribution in [-0.2, 0) is 0 Å². The van der Waals surface area contributed by atoms with Crippen molar-refractivity contribution in [3.8, 4) is 45.7 Å². The third-order valence-corrected chi connectivity index (χ3v) is 9.29. The first-order valence-corrected chi connectivity index (χ1v) is 16.5. The zero-order chi connectivity index (χ0) is 34.5. The number of benzene rings is 3. The summed E-state index contributed by atoms with van der Waals surface area (Å²) in [6.45, 7) is 0. The molecule has 0 aliphatic carbocycles. The van der Waals surface area contributed by atoms with Gasteiger partial charge in [-0.2, -0.15) is 0 Å². The number of H-pyrrole nitrogens is 2. The van der Waals surface area contributed by atoms with E-state index in [1.165, 1.54) is 0 Å². The molecule has 5 aromatic heterocycles. The number of hydrogen-bond donors (Lipinski definition) is 2. The van der Waals surface area contributed by atoms with Crippen LogP contribution >= 0.6 is 0 Å². The maximum absolute atomic E-state index is 15.3. The first kappa shape index (κ1) is 30.2. The molecular weight excluding hydrogens is 637 g/mol. The normalized spacial score (nSPS) is 11.6. The van der Waals surface area contributed by atoms with Gasteiger partial charge in [-0.25, -0.2) is 4.98 Å². The van der Waals surface area contributed by atoms with E-state index in [9.17, 15) is 0 Å². The summed E-state index contributed by atoms with van der Waals surface area (Å²) in [5, 5.41) is 0. The van der Waals surface area contributed by atoms with E-state index in [4.69, 9.17) is 15.8 Å². The monoisotopic (exact) mass is 664 g/mol. The summed E-state index contributed by atoms with van der Waals surface area (Å²) < 4.78 is 38.4. The fraction of sp³-hybridized carbons (Fsp3) is 0. The summed E-state index contributed by atoms with van der Waals surface area (Å²) in [4.78, 5) is 12.0. The summed E-state index contributed by atoms with van der Waals surface area (Å²) in [5.74, 6) is 2.64. The van der Waals surface area contributed by atoms with Gasteiger partial charge in [-0.15, -0.1) is 6.42 Å². The molecule has 6 heterocycles. The van der Waals surface area contributed by atoms with Crippen molar-refractivity contribution in [2.24, 2.45) is 0 Å². The number of furan rings is 1. The number of terminal acetylenes is 1. The second-order valence-electron chi connectivity index (χ2n) is 12.3. The summed E-state index contributed by atoms with van der Waals surface area (Å²) >= 11 is 0. The van der Waals surface area contributed by atoms with Crippen molar-refractivity contribution in [1.82, 2.24) is 19.4 Å². The van der Waals surface area contributed by atoms with Gasteiger partial charge in [0, 0.05) is 27.8 Å². The van der Waals surface area contributed by atoms with Crippen LogP contribution in [0.1, 0.15) is 17.0 Å². The Bertz CT molecular complexity index is 2840. The molecule has 51 heavy (non-hydrogen) atoms. The standard InChI is InChI=1S/C43H27BF2N4O/c1-2-27-13-15-30(16-14-27)41-34-20-17-31(47-34)32-18-21-35(48-32)42(28-9-5-3-6-10-28)39-25-26-40(51-39)43(29-11-7-4-8-12-29)36-22-19-33(49-36)37-23-24-38(41)50(37)44(45)46/h1,3-26,48-49H. The Balaban J connectivity index is 1.48. The third-order valence-electron chi connectivity index (χ3n) is 9.29. The predicted octanol–water partition coefficient (Wildman–Crippen LogP) is 11.2. The number of halogens is 2. The van der Waals surface area contributed by atoms with Crippen LogP contribution in [0.5, 0.6) is 0 Å². The van der Waals surface area contributed by atoms with E-state index < -0.39 is 7.40 Å². The van der Waals surface area contributed by atoms with Crippen molar-refractivity contribution in [2.45, 2.75) is 0 Å². The lowest BCUT2D eigenvalue weighted by Gasteiger charge is -2.09. The first-order chi connectivity index (χ1) is 25.1. The molecule has 0 spiro atoms. The molecule has 0 fully saturated rings. The largest absolute Gasteiger partial charge is 0.678 e. The average Bonchev–Trinajstić information content (AvgIpc) is 4.01. The Hall–Kier alpha value is -6.85. The highest BCUT2D eigenvalue weighted by molar-refractivity contribution is 6.44. The molecule has 9 rings (SSSR count). The molecule has 0 saturated carbocycles. The van der Waals surface area contributed by atoms with Crippen LogP contribution in [0.4, 0.5) is 8.63 Å². The van der Waals surface area contributed by atoms with E-state index in [0.29, 0.717) is 55.8 Å². The minimum atomic E-state index is -2.85. The molecule has 1 aliphatic rings. The lowest BCUT2D eigenvalue weighted by atomic mass is 10.0. The minimum Gasteiger partial charge on any atom is -0.456 e. The maximum atomic E-state index is 15.3. The van der Waals surface area contributed by atoms with Crippen LogP contribution < -0.4 is 0 Å². The van der Waals surface area contributed by atoms with E-state index in [-0.39, 0.29) is 0 Å². The topological polar surface area (TPSA) is 62.5 Å². The van der Waals surface area contributed by atoms with Crippen molar-refractivity contribution < 1.29 is 13.0 Å². The molecule has 0 unspecified atom stereocenters. The Morgan fingerprint density at radius 1 is 0.549 bits per heavy atom. The molecule has 2 N–H and O–H groups in total. The smallest absolute Gasteiger partial charge is 0.456 e. The summed E-state index contributed by atoms with van der Waals surface area (Å²) in [6, 6.07) is 42.4. The number of fused-ring (bicyclic) bond motifs is 12. The van der Waals surface area contributed by atoms with Crippen molar-refractivity contribution in [3.63, 3.8) is 0 Å². The predicted molar refractivity (Wildman–Crippen MR) is 205 cm³/mol. The quantitative estimate of drug-likeness (QED) is 0.145. The SMILES string of the molecule is C#Cc1ccc(-c2c3nc(c4ccc([nH]4)c(-c4ccccc4)c4ccc(o4)c(-c4ccccc4)c4ccc([nH]4)c4ccc2n4B(F)F)C=C3)cc1. The fourth-order valence-electron chi connectivity index (χ4n) is 6.95. The summed E-state index contributed by atoms with van der Waals surface area (Å²) in [6.07, 6.45) is 9.42. The highest BCUT2D eigenvalue weighted by atomic mass is 19.2. The molecule has 1 aliphatic heterocycles. The molecule has 0 radical (unpaired) electrons. The molecule has 3 aromatic carbocycles. The second-order valence-corrected chi connectivity index (χ2v) is 12.3. The van der Waals surface area contributed by atoms with Gasteiger partial charge >= 0.3 is 7.40 Å². The number of aromatic nitrogens is 4. The van der Waals surface area contributed by atoms with Gasteiger partial charge in [0.1, 0.15) is 11.2 Å². The van der Waals surface area contributed by atoms with Crippen molar-refractivity contribution >= 4 is 63.8 Å².